The van der Waals surface area contributed by atoms with Gasteiger partial charge in [0.1, 0.15) is 5.69 Å². The van der Waals surface area contributed by atoms with Crippen LogP contribution in [0.2, 0.25) is 0 Å². The standard InChI is InChI=1S/C22H25NO5/c1-5-27-21(25)18-12(2)19(23-13(18)3)22(26)28-14(4)20(24)17-10-9-15-7-6-8-16(15)11-17/h9-11,14,23H,5-8H2,1-4H3/t14-/m1/s1. The Kier molecular flexibility index (Phi) is 5.68. The topological polar surface area (TPSA) is 85.5 Å². The first-order valence-corrected chi connectivity index (χ1v) is 9.56. The molecule has 148 valence electrons. The molecule has 0 amide bonds. The molecule has 1 N–H and O–H groups in total. The Bertz CT molecular complexity index is 941. The fraction of sp³-hybridized carbons (Fsp3) is 0.409. The van der Waals surface area contributed by atoms with E-state index in [9.17, 15) is 14.4 Å². The summed E-state index contributed by atoms with van der Waals surface area (Å²) in [6, 6.07) is 5.67. The normalized spacial score (nSPS) is 13.7. The van der Waals surface area contributed by atoms with Crippen LogP contribution >= 0.6 is 0 Å². The van der Waals surface area contributed by atoms with E-state index in [-0.39, 0.29) is 18.1 Å². The number of hydrogen-bond donors (Lipinski definition) is 1. The Balaban J connectivity index is 1.75. The van der Waals surface area contributed by atoms with Gasteiger partial charge in [0.25, 0.3) is 0 Å². The second-order valence-electron chi connectivity index (χ2n) is 7.09. The molecule has 6 nitrogen and oxygen atoms in total. The van der Waals surface area contributed by atoms with E-state index in [0.29, 0.717) is 22.4 Å². The summed E-state index contributed by atoms with van der Waals surface area (Å²) in [6.45, 7) is 6.87. The van der Waals surface area contributed by atoms with Crippen molar-refractivity contribution in [2.45, 2.75) is 53.1 Å². The molecule has 1 aliphatic carbocycles. The second kappa shape index (κ2) is 8.00. The van der Waals surface area contributed by atoms with Crippen molar-refractivity contribution in [3.8, 4) is 0 Å². The summed E-state index contributed by atoms with van der Waals surface area (Å²) in [4.78, 5) is 40.3. The van der Waals surface area contributed by atoms with Crippen LogP contribution in [0.1, 0.15) is 73.9 Å². The third-order valence-corrected chi connectivity index (χ3v) is 5.16. The molecule has 0 saturated heterocycles. The average Bonchev–Trinajstić information content (AvgIpc) is 3.24. The minimum absolute atomic E-state index is 0.161. The molecular formula is C22H25NO5. The van der Waals surface area contributed by atoms with Crippen LogP contribution in [-0.4, -0.2) is 35.4 Å². The molecule has 1 atom stereocenters. The summed E-state index contributed by atoms with van der Waals surface area (Å²) in [5.41, 5.74) is 4.50. The van der Waals surface area contributed by atoms with Gasteiger partial charge in [-0.05, 0) is 69.7 Å². The molecule has 0 spiro atoms. The Morgan fingerprint density at radius 2 is 1.82 bits per heavy atom. The number of carbonyl (C=O) groups is 3. The number of esters is 2. The third-order valence-electron chi connectivity index (χ3n) is 5.16. The molecule has 3 rings (SSSR count). The Morgan fingerprint density at radius 1 is 1.11 bits per heavy atom. The summed E-state index contributed by atoms with van der Waals surface area (Å²) in [5.74, 6) is -1.40. The number of hydrogen-bond acceptors (Lipinski definition) is 5. The van der Waals surface area contributed by atoms with Crippen molar-refractivity contribution in [1.82, 2.24) is 4.98 Å². The maximum Gasteiger partial charge on any atom is 0.355 e. The van der Waals surface area contributed by atoms with Gasteiger partial charge in [0.05, 0.1) is 12.2 Å². The lowest BCUT2D eigenvalue weighted by molar-refractivity contribution is 0.0313. The van der Waals surface area contributed by atoms with Gasteiger partial charge in [0.2, 0.25) is 5.78 Å². The second-order valence-corrected chi connectivity index (χ2v) is 7.09. The molecule has 1 aromatic heterocycles. The number of aryl methyl sites for hydroxylation is 3. The molecule has 0 bridgehead atoms. The predicted octanol–water partition coefficient (Wildman–Crippen LogP) is 3.73. The van der Waals surface area contributed by atoms with Gasteiger partial charge in [0, 0.05) is 11.3 Å². The highest BCUT2D eigenvalue weighted by atomic mass is 16.5. The van der Waals surface area contributed by atoms with Gasteiger partial charge in [-0.1, -0.05) is 12.1 Å². The number of carbonyl (C=O) groups excluding carboxylic acids is 3. The van der Waals surface area contributed by atoms with Gasteiger partial charge in [-0.25, -0.2) is 9.59 Å². The highest BCUT2D eigenvalue weighted by Gasteiger charge is 2.27. The molecule has 28 heavy (non-hydrogen) atoms. The number of H-pyrrole nitrogens is 1. The van der Waals surface area contributed by atoms with Crippen molar-refractivity contribution in [3.05, 3.63) is 57.4 Å². The van der Waals surface area contributed by atoms with Gasteiger partial charge in [-0.3, -0.25) is 4.79 Å². The molecular weight excluding hydrogens is 358 g/mol. The number of ketones is 1. The summed E-state index contributed by atoms with van der Waals surface area (Å²) < 4.78 is 10.4. The highest BCUT2D eigenvalue weighted by molar-refractivity contribution is 6.02. The van der Waals surface area contributed by atoms with E-state index in [0.717, 1.165) is 19.3 Å². The molecule has 0 fully saturated rings. The van der Waals surface area contributed by atoms with Crippen LogP contribution in [0.5, 0.6) is 0 Å². The summed E-state index contributed by atoms with van der Waals surface area (Å²) in [7, 11) is 0. The van der Waals surface area contributed by atoms with Crippen molar-refractivity contribution in [2.75, 3.05) is 6.61 Å². The molecule has 6 heteroatoms. The van der Waals surface area contributed by atoms with Gasteiger partial charge in [-0.2, -0.15) is 0 Å². The van der Waals surface area contributed by atoms with Gasteiger partial charge in [-0.15, -0.1) is 0 Å². The number of fused-ring (bicyclic) bond motifs is 1. The Labute approximate surface area is 164 Å². The number of Topliss-reactive ketones (excluding diaryl/α,β-unsaturated/α-hetero) is 1. The fourth-order valence-corrected chi connectivity index (χ4v) is 3.70. The molecule has 0 saturated carbocycles. The number of benzene rings is 1. The molecule has 0 unspecified atom stereocenters. The smallest absolute Gasteiger partial charge is 0.355 e. The monoisotopic (exact) mass is 383 g/mol. The molecule has 0 aliphatic heterocycles. The van der Waals surface area contributed by atoms with E-state index < -0.39 is 18.0 Å². The zero-order valence-corrected chi connectivity index (χ0v) is 16.7. The van der Waals surface area contributed by atoms with Crippen molar-refractivity contribution in [3.63, 3.8) is 0 Å². The number of aromatic amines is 1. The minimum Gasteiger partial charge on any atom is -0.462 e. The van der Waals surface area contributed by atoms with Crippen molar-refractivity contribution in [1.29, 1.82) is 0 Å². The predicted molar refractivity (Wildman–Crippen MR) is 104 cm³/mol. The lowest BCUT2D eigenvalue weighted by Crippen LogP contribution is -2.25. The first-order valence-electron chi connectivity index (χ1n) is 9.56. The van der Waals surface area contributed by atoms with E-state index >= 15 is 0 Å². The number of rotatable bonds is 6. The van der Waals surface area contributed by atoms with E-state index in [4.69, 9.17) is 9.47 Å². The number of aromatic nitrogens is 1. The van der Waals surface area contributed by atoms with Crippen LogP contribution < -0.4 is 0 Å². The SMILES string of the molecule is CCOC(=O)c1c(C)[nH]c(C(=O)O[C@H](C)C(=O)c2ccc3c(c2)CCC3)c1C. The molecule has 1 aromatic carbocycles. The van der Waals surface area contributed by atoms with E-state index in [1.807, 2.05) is 12.1 Å². The molecule has 1 aliphatic rings. The first kappa shape index (κ1) is 19.9. The molecule has 2 aromatic rings. The lowest BCUT2D eigenvalue weighted by Gasteiger charge is -2.13. The molecule has 1 heterocycles. The van der Waals surface area contributed by atoms with Gasteiger partial charge in [0.15, 0.2) is 6.10 Å². The summed E-state index contributed by atoms with van der Waals surface area (Å²) in [5, 5.41) is 0. The zero-order valence-electron chi connectivity index (χ0n) is 16.7. The third kappa shape index (κ3) is 3.72. The quantitative estimate of drug-likeness (QED) is 0.607. The van der Waals surface area contributed by atoms with Crippen molar-refractivity contribution >= 4 is 17.7 Å². The van der Waals surface area contributed by atoms with Crippen LogP contribution in [-0.2, 0) is 22.3 Å². The van der Waals surface area contributed by atoms with E-state index in [1.54, 1.807) is 33.8 Å². The highest BCUT2D eigenvalue weighted by Crippen LogP contribution is 2.24. The fourth-order valence-electron chi connectivity index (χ4n) is 3.70. The van der Waals surface area contributed by atoms with E-state index in [2.05, 4.69) is 4.98 Å². The molecule has 0 radical (unpaired) electrons. The number of ether oxygens (including phenoxy) is 2. The first-order chi connectivity index (χ1) is 13.3. The van der Waals surface area contributed by atoms with Crippen LogP contribution in [0.4, 0.5) is 0 Å². The average molecular weight is 383 g/mol. The minimum atomic E-state index is -0.930. The summed E-state index contributed by atoms with van der Waals surface area (Å²) in [6.07, 6.45) is 2.19. The van der Waals surface area contributed by atoms with Gasteiger partial charge < -0.3 is 14.5 Å². The van der Waals surface area contributed by atoms with E-state index in [1.165, 1.54) is 11.1 Å². The lowest BCUT2D eigenvalue weighted by atomic mass is 10.0. The Hall–Kier alpha value is -2.89. The van der Waals surface area contributed by atoms with Crippen LogP contribution in [0.3, 0.4) is 0 Å². The zero-order chi connectivity index (χ0) is 20.4. The van der Waals surface area contributed by atoms with Crippen LogP contribution in [0.25, 0.3) is 0 Å². The van der Waals surface area contributed by atoms with Crippen LogP contribution in [0, 0.1) is 13.8 Å². The summed E-state index contributed by atoms with van der Waals surface area (Å²) >= 11 is 0. The number of nitrogens with one attached hydrogen (secondary N) is 1. The van der Waals surface area contributed by atoms with Crippen molar-refractivity contribution in [2.24, 2.45) is 0 Å². The largest absolute Gasteiger partial charge is 0.462 e. The maximum absolute atomic E-state index is 12.7. The van der Waals surface area contributed by atoms with Crippen LogP contribution in [0.15, 0.2) is 18.2 Å². The van der Waals surface area contributed by atoms with Gasteiger partial charge >= 0.3 is 11.9 Å². The van der Waals surface area contributed by atoms with Crippen molar-refractivity contribution < 1.29 is 23.9 Å². The Morgan fingerprint density at radius 3 is 2.54 bits per heavy atom. The maximum atomic E-state index is 12.7.